The molecule has 0 aromatic heterocycles. The molecular weight excluding hydrogens is 417 g/mol. The Labute approximate surface area is 171 Å². The van der Waals surface area contributed by atoms with Crippen LogP contribution in [0.1, 0.15) is 15.9 Å². The maximum atomic E-state index is 13.0. The van der Waals surface area contributed by atoms with Crippen molar-refractivity contribution in [1.82, 2.24) is 0 Å². The number of carbonyl (C=O) groups excluding carboxylic acids is 1. The van der Waals surface area contributed by atoms with Gasteiger partial charge >= 0.3 is 0 Å². The quantitative estimate of drug-likeness (QED) is 0.627. The molecule has 0 fully saturated rings. The maximum absolute atomic E-state index is 13.0. The Balaban J connectivity index is 1.85. The van der Waals surface area contributed by atoms with Crippen molar-refractivity contribution >= 4 is 38.9 Å². The Kier molecular flexibility index (Phi) is 5.82. The third-order valence-electron chi connectivity index (χ3n) is 3.85. The summed E-state index contributed by atoms with van der Waals surface area (Å²) < 4.78 is 40.3. The summed E-state index contributed by atoms with van der Waals surface area (Å²) in [4.78, 5) is 12.3. The molecule has 0 radical (unpaired) electrons. The lowest BCUT2D eigenvalue weighted by Gasteiger charge is -2.12. The molecule has 2 N–H and O–H groups in total. The molecule has 9 heteroatoms. The zero-order valence-electron chi connectivity index (χ0n) is 14.7. The van der Waals surface area contributed by atoms with Crippen LogP contribution in [-0.2, 0) is 10.0 Å². The van der Waals surface area contributed by atoms with Crippen LogP contribution in [-0.4, -0.2) is 14.3 Å². The molecule has 0 atom stereocenters. The molecule has 3 aromatic carbocycles. The van der Waals surface area contributed by atoms with E-state index in [1.807, 2.05) is 6.07 Å². The molecule has 0 saturated carbocycles. The molecule has 1 amide bonds. The summed E-state index contributed by atoms with van der Waals surface area (Å²) in [7, 11) is -4.03. The van der Waals surface area contributed by atoms with Crippen molar-refractivity contribution in [1.29, 1.82) is 5.26 Å². The van der Waals surface area contributed by atoms with Crippen LogP contribution in [0.2, 0.25) is 5.02 Å². The number of nitrogens with zero attached hydrogens (tertiary/aromatic N) is 1. The third kappa shape index (κ3) is 4.90. The average Bonchev–Trinajstić information content (AvgIpc) is 2.70. The van der Waals surface area contributed by atoms with Crippen LogP contribution in [0.25, 0.3) is 0 Å². The summed E-state index contributed by atoms with van der Waals surface area (Å²) >= 11 is 6.06. The number of nitrogens with one attached hydrogen (secondary N) is 2. The Morgan fingerprint density at radius 2 is 1.76 bits per heavy atom. The van der Waals surface area contributed by atoms with Gasteiger partial charge in [0.2, 0.25) is 0 Å². The van der Waals surface area contributed by atoms with Crippen LogP contribution in [0.4, 0.5) is 15.8 Å². The SMILES string of the molecule is N#Cc1cccc(NC(=O)c2ccc(Cl)c(NS(=O)(=O)c3ccc(F)cc3)c2)c1. The fourth-order valence-electron chi connectivity index (χ4n) is 2.43. The van der Waals surface area contributed by atoms with Crippen LogP contribution < -0.4 is 10.0 Å². The van der Waals surface area contributed by atoms with E-state index in [1.54, 1.807) is 18.2 Å². The van der Waals surface area contributed by atoms with Crippen molar-refractivity contribution in [2.75, 3.05) is 10.0 Å². The topological polar surface area (TPSA) is 99.1 Å². The molecule has 0 aliphatic rings. The third-order valence-corrected chi connectivity index (χ3v) is 5.56. The van der Waals surface area contributed by atoms with E-state index in [1.165, 1.54) is 24.3 Å². The average molecular weight is 430 g/mol. The van der Waals surface area contributed by atoms with Crippen LogP contribution in [0.5, 0.6) is 0 Å². The van der Waals surface area contributed by atoms with Crippen LogP contribution in [0.15, 0.2) is 71.6 Å². The van der Waals surface area contributed by atoms with Crippen LogP contribution in [0.3, 0.4) is 0 Å². The number of anilines is 2. The lowest BCUT2D eigenvalue weighted by atomic mass is 10.1. The van der Waals surface area contributed by atoms with Crippen molar-refractivity contribution in [2.45, 2.75) is 4.90 Å². The monoisotopic (exact) mass is 429 g/mol. The van der Waals surface area contributed by atoms with Crippen LogP contribution >= 0.6 is 11.6 Å². The van der Waals surface area contributed by atoms with E-state index in [4.69, 9.17) is 16.9 Å². The fourth-order valence-corrected chi connectivity index (χ4v) is 3.72. The van der Waals surface area contributed by atoms with Gasteiger partial charge in [0.15, 0.2) is 0 Å². The molecule has 3 aromatic rings. The van der Waals surface area contributed by atoms with E-state index in [-0.39, 0.29) is 21.2 Å². The fraction of sp³-hybridized carbons (Fsp3) is 0. The second kappa shape index (κ2) is 8.31. The first-order chi connectivity index (χ1) is 13.8. The zero-order chi connectivity index (χ0) is 21.0. The molecule has 29 heavy (non-hydrogen) atoms. The summed E-state index contributed by atoms with van der Waals surface area (Å²) in [6, 6.07) is 16.7. The van der Waals surface area contributed by atoms with Crippen molar-refractivity contribution in [3.05, 3.63) is 88.7 Å². The molecule has 0 unspecified atom stereocenters. The minimum Gasteiger partial charge on any atom is -0.322 e. The number of benzene rings is 3. The van der Waals surface area contributed by atoms with Gasteiger partial charge in [-0.05, 0) is 60.7 Å². The molecule has 0 bridgehead atoms. The molecule has 3 rings (SSSR count). The van der Waals surface area contributed by atoms with E-state index in [0.717, 1.165) is 24.3 Å². The number of carbonyl (C=O) groups is 1. The lowest BCUT2D eigenvalue weighted by Crippen LogP contribution is -2.15. The second-order valence-corrected chi connectivity index (χ2v) is 7.99. The number of rotatable bonds is 5. The van der Waals surface area contributed by atoms with Gasteiger partial charge in [-0.15, -0.1) is 0 Å². The van der Waals surface area contributed by atoms with E-state index >= 15 is 0 Å². The summed E-state index contributed by atoms with van der Waals surface area (Å²) in [6.45, 7) is 0. The van der Waals surface area contributed by atoms with Gasteiger partial charge in [-0.2, -0.15) is 5.26 Å². The van der Waals surface area contributed by atoms with Gasteiger partial charge in [0.1, 0.15) is 5.82 Å². The summed E-state index contributed by atoms with van der Waals surface area (Å²) in [5, 5.41) is 11.6. The first-order valence-electron chi connectivity index (χ1n) is 8.18. The normalized spacial score (nSPS) is 10.8. The Morgan fingerprint density at radius 3 is 2.45 bits per heavy atom. The van der Waals surface area contributed by atoms with Gasteiger partial charge in [0.25, 0.3) is 15.9 Å². The van der Waals surface area contributed by atoms with Crippen molar-refractivity contribution in [3.63, 3.8) is 0 Å². The summed E-state index contributed by atoms with van der Waals surface area (Å²) in [6.07, 6.45) is 0. The van der Waals surface area contributed by atoms with Gasteiger partial charge in [-0.3, -0.25) is 9.52 Å². The number of sulfonamides is 1. The molecule has 0 aliphatic carbocycles. The first kappa shape index (κ1) is 20.3. The highest BCUT2D eigenvalue weighted by Crippen LogP contribution is 2.26. The summed E-state index contributed by atoms with van der Waals surface area (Å²) in [5.41, 5.74) is 0.937. The van der Waals surface area contributed by atoms with Gasteiger partial charge in [-0.1, -0.05) is 17.7 Å². The predicted octanol–water partition coefficient (Wildman–Crippen LogP) is 4.40. The van der Waals surface area contributed by atoms with Crippen molar-refractivity contribution in [3.8, 4) is 6.07 Å². The maximum Gasteiger partial charge on any atom is 0.261 e. The lowest BCUT2D eigenvalue weighted by molar-refractivity contribution is 0.102. The van der Waals surface area contributed by atoms with E-state index in [0.29, 0.717) is 11.3 Å². The van der Waals surface area contributed by atoms with E-state index < -0.39 is 21.7 Å². The van der Waals surface area contributed by atoms with Gasteiger partial charge in [-0.25, -0.2) is 12.8 Å². The molecule has 6 nitrogen and oxygen atoms in total. The summed E-state index contributed by atoms with van der Waals surface area (Å²) in [5.74, 6) is -1.08. The molecule has 0 heterocycles. The first-order valence-corrected chi connectivity index (χ1v) is 10.0. The minimum absolute atomic E-state index is 0.00517. The highest BCUT2D eigenvalue weighted by molar-refractivity contribution is 7.92. The van der Waals surface area contributed by atoms with Gasteiger partial charge < -0.3 is 5.32 Å². The smallest absolute Gasteiger partial charge is 0.261 e. The van der Waals surface area contributed by atoms with Gasteiger partial charge in [0.05, 0.1) is 27.2 Å². The van der Waals surface area contributed by atoms with Crippen molar-refractivity contribution in [2.24, 2.45) is 0 Å². The molecule has 0 saturated heterocycles. The predicted molar refractivity (Wildman–Crippen MR) is 108 cm³/mol. The van der Waals surface area contributed by atoms with Gasteiger partial charge in [0, 0.05) is 11.3 Å². The van der Waals surface area contributed by atoms with E-state index in [9.17, 15) is 17.6 Å². The largest absolute Gasteiger partial charge is 0.322 e. The van der Waals surface area contributed by atoms with Crippen molar-refractivity contribution < 1.29 is 17.6 Å². The number of hydrogen-bond donors (Lipinski definition) is 2. The number of amides is 1. The molecule has 0 spiro atoms. The molecule has 146 valence electrons. The van der Waals surface area contributed by atoms with E-state index in [2.05, 4.69) is 10.0 Å². The Morgan fingerprint density at radius 1 is 1.03 bits per heavy atom. The highest BCUT2D eigenvalue weighted by Gasteiger charge is 2.17. The standard InChI is InChI=1S/C20H13ClFN3O3S/c21-18-9-4-14(20(26)24-16-3-1-2-13(10-16)12-23)11-19(18)25-29(27,28)17-7-5-15(22)6-8-17/h1-11,25H,(H,24,26). The highest BCUT2D eigenvalue weighted by atomic mass is 35.5. The molecule has 0 aliphatic heterocycles. The zero-order valence-corrected chi connectivity index (χ0v) is 16.3. The minimum atomic E-state index is -4.03. The number of halogens is 2. The number of hydrogen-bond acceptors (Lipinski definition) is 4. The Hall–Kier alpha value is -3.41. The number of nitriles is 1. The molecular formula is C20H13ClFN3O3S. The Bertz CT molecular complexity index is 1220. The van der Waals surface area contributed by atoms with Crippen LogP contribution in [0, 0.1) is 17.1 Å². The second-order valence-electron chi connectivity index (χ2n) is 5.90.